The van der Waals surface area contributed by atoms with Crippen molar-refractivity contribution in [3.05, 3.63) is 23.8 Å². The Morgan fingerprint density at radius 1 is 1.21 bits per heavy atom. The third-order valence-electron chi connectivity index (χ3n) is 4.05. The van der Waals surface area contributed by atoms with Crippen LogP contribution in [0.2, 0.25) is 0 Å². The Hall–Kier alpha value is -1.22. The van der Waals surface area contributed by atoms with Crippen LogP contribution in [0.25, 0.3) is 0 Å². The molecular formula is C16H24O3. The van der Waals surface area contributed by atoms with Gasteiger partial charge < -0.3 is 14.6 Å². The summed E-state index contributed by atoms with van der Waals surface area (Å²) >= 11 is 0. The fraction of sp³-hybridized carbons (Fsp3) is 0.625. The molecule has 1 aromatic carbocycles. The van der Waals surface area contributed by atoms with Crippen LogP contribution in [0, 0.1) is 5.92 Å². The summed E-state index contributed by atoms with van der Waals surface area (Å²) < 4.78 is 11.5. The molecule has 2 rings (SSSR count). The van der Waals surface area contributed by atoms with Crippen molar-refractivity contribution in [3.8, 4) is 11.5 Å². The molecule has 3 nitrogen and oxygen atoms in total. The highest BCUT2D eigenvalue weighted by Gasteiger charge is 2.26. The third-order valence-corrected chi connectivity index (χ3v) is 4.05. The molecule has 1 saturated carbocycles. The van der Waals surface area contributed by atoms with E-state index >= 15 is 0 Å². The molecule has 19 heavy (non-hydrogen) atoms. The molecule has 0 bridgehead atoms. The summed E-state index contributed by atoms with van der Waals surface area (Å²) in [6.45, 7) is 2.26. The maximum absolute atomic E-state index is 9.15. The van der Waals surface area contributed by atoms with Gasteiger partial charge in [-0.2, -0.15) is 0 Å². The Bertz CT molecular complexity index is 403. The third kappa shape index (κ3) is 3.41. The van der Waals surface area contributed by atoms with Gasteiger partial charge >= 0.3 is 0 Å². The lowest BCUT2D eigenvalue weighted by atomic mass is 9.85. The van der Waals surface area contributed by atoms with E-state index in [-0.39, 0.29) is 6.61 Å². The summed E-state index contributed by atoms with van der Waals surface area (Å²) in [5.41, 5.74) is 0.847. The molecule has 1 aliphatic carbocycles. The van der Waals surface area contributed by atoms with Crippen LogP contribution in [0.15, 0.2) is 18.2 Å². The fourth-order valence-electron chi connectivity index (χ4n) is 2.87. The summed E-state index contributed by atoms with van der Waals surface area (Å²) in [6, 6.07) is 5.65. The highest BCUT2D eigenvalue weighted by Crippen LogP contribution is 2.35. The van der Waals surface area contributed by atoms with Crippen LogP contribution >= 0.6 is 0 Å². The van der Waals surface area contributed by atoms with E-state index in [1.807, 2.05) is 18.2 Å². The zero-order valence-electron chi connectivity index (χ0n) is 11.9. The van der Waals surface area contributed by atoms with Crippen molar-refractivity contribution in [2.24, 2.45) is 5.92 Å². The molecule has 0 saturated heterocycles. The minimum Gasteiger partial charge on any atom is -0.493 e. The maximum atomic E-state index is 9.15. The molecule has 0 aromatic heterocycles. The van der Waals surface area contributed by atoms with Gasteiger partial charge in [0, 0.05) is 0 Å². The second-order valence-corrected chi connectivity index (χ2v) is 5.25. The van der Waals surface area contributed by atoms with Crippen molar-refractivity contribution in [2.75, 3.05) is 7.11 Å². The van der Waals surface area contributed by atoms with E-state index in [0.29, 0.717) is 17.8 Å². The quantitative estimate of drug-likeness (QED) is 0.884. The SMILES string of the molecule is CCC1CCCCC1Oc1ccc(CO)cc1OC. The van der Waals surface area contributed by atoms with Gasteiger partial charge in [-0.1, -0.05) is 19.4 Å². The first-order chi connectivity index (χ1) is 9.28. The van der Waals surface area contributed by atoms with Crippen LogP contribution in [-0.4, -0.2) is 18.3 Å². The lowest BCUT2D eigenvalue weighted by Gasteiger charge is -2.31. The second kappa shape index (κ2) is 6.80. The first kappa shape index (κ1) is 14.2. The predicted octanol–water partition coefficient (Wildman–Crippen LogP) is 3.54. The Balaban J connectivity index is 2.12. The highest BCUT2D eigenvalue weighted by atomic mass is 16.5. The molecule has 106 valence electrons. The van der Waals surface area contributed by atoms with Crippen LogP contribution in [0.1, 0.15) is 44.6 Å². The minimum atomic E-state index is 0.0254. The van der Waals surface area contributed by atoms with Crippen molar-refractivity contribution in [3.63, 3.8) is 0 Å². The topological polar surface area (TPSA) is 38.7 Å². The fourth-order valence-corrected chi connectivity index (χ4v) is 2.87. The second-order valence-electron chi connectivity index (χ2n) is 5.25. The van der Waals surface area contributed by atoms with Gasteiger partial charge in [-0.15, -0.1) is 0 Å². The number of hydrogen-bond donors (Lipinski definition) is 1. The van der Waals surface area contributed by atoms with Crippen molar-refractivity contribution in [1.82, 2.24) is 0 Å². The molecule has 1 fully saturated rings. The molecule has 0 radical (unpaired) electrons. The van der Waals surface area contributed by atoms with Crippen LogP contribution in [0.5, 0.6) is 11.5 Å². The number of benzene rings is 1. The zero-order chi connectivity index (χ0) is 13.7. The van der Waals surface area contributed by atoms with E-state index < -0.39 is 0 Å². The monoisotopic (exact) mass is 264 g/mol. The van der Waals surface area contributed by atoms with E-state index in [1.165, 1.54) is 25.7 Å². The lowest BCUT2D eigenvalue weighted by molar-refractivity contribution is 0.0872. The molecule has 0 spiro atoms. The lowest BCUT2D eigenvalue weighted by Crippen LogP contribution is -2.30. The maximum Gasteiger partial charge on any atom is 0.161 e. The van der Waals surface area contributed by atoms with Crippen LogP contribution in [0.3, 0.4) is 0 Å². The van der Waals surface area contributed by atoms with Crippen molar-refractivity contribution in [1.29, 1.82) is 0 Å². The van der Waals surface area contributed by atoms with E-state index in [1.54, 1.807) is 7.11 Å². The number of aliphatic hydroxyl groups is 1. The number of ether oxygens (including phenoxy) is 2. The Labute approximate surface area is 115 Å². The van der Waals surface area contributed by atoms with Gasteiger partial charge in [-0.05, 0) is 49.3 Å². The van der Waals surface area contributed by atoms with Gasteiger partial charge in [0.1, 0.15) is 6.10 Å². The smallest absolute Gasteiger partial charge is 0.161 e. The largest absolute Gasteiger partial charge is 0.493 e. The predicted molar refractivity (Wildman–Crippen MR) is 75.6 cm³/mol. The molecule has 2 atom stereocenters. The van der Waals surface area contributed by atoms with Crippen LogP contribution in [0.4, 0.5) is 0 Å². The first-order valence-corrected chi connectivity index (χ1v) is 7.23. The molecule has 1 aromatic rings. The van der Waals surface area contributed by atoms with Gasteiger partial charge in [0.25, 0.3) is 0 Å². The van der Waals surface area contributed by atoms with Gasteiger partial charge in [-0.25, -0.2) is 0 Å². The molecule has 3 heteroatoms. The van der Waals surface area contributed by atoms with E-state index in [9.17, 15) is 0 Å². The van der Waals surface area contributed by atoms with Crippen LogP contribution in [-0.2, 0) is 6.61 Å². The average molecular weight is 264 g/mol. The Morgan fingerprint density at radius 3 is 2.68 bits per heavy atom. The van der Waals surface area contributed by atoms with E-state index in [4.69, 9.17) is 14.6 Å². The molecule has 1 N–H and O–H groups in total. The zero-order valence-corrected chi connectivity index (χ0v) is 11.9. The molecular weight excluding hydrogens is 240 g/mol. The highest BCUT2D eigenvalue weighted by molar-refractivity contribution is 5.43. The Morgan fingerprint density at radius 2 is 2.00 bits per heavy atom. The van der Waals surface area contributed by atoms with Gasteiger partial charge in [0.05, 0.1) is 13.7 Å². The first-order valence-electron chi connectivity index (χ1n) is 7.23. The summed E-state index contributed by atoms with van der Waals surface area (Å²) in [5.74, 6) is 2.16. The van der Waals surface area contributed by atoms with Gasteiger partial charge in [0.15, 0.2) is 11.5 Å². The molecule has 0 amide bonds. The normalized spacial score (nSPS) is 23.1. The van der Waals surface area contributed by atoms with E-state index in [2.05, 4.69) is 6.92 Å². The average Bonchev–Trinajstić information content (AvgIpc) is 2.48. The van der Waals surface area contributed by atoms with Crippen molar-refractivity contribution < 1.29 is 14.6 Å². The van der Waals surface area contributed by atoms with Gasteiger partial charge in [0.2, 0.25) is 0 Å². The standard InChI is InChI=1S/C16H24O3/c1-3-13-6-4-5-7-14(13)19-15-9-8-12(11-17)10-16(15)18-2/h8-10,13-14,17H,3-7,11H2,1-2H3. The molecule has 0 aliphatic heterocycles. The number of aliphatic hydroxyl groups excluding tert-OH is 1. The van der Waals surface area contributed by atoms with Crippen molar-refractivity contribution in [2.45, 2.75) is 51.7 Å². The van der Waals surface area contributed by atoms with Crippen molar-refractivity contribution >= 4 is 0 Å². The van der Waals surface area contributed by atoms with Gasteiger partial charge in [-0.3, -0.25) is 0 Å². The summed E-state index contributed by atoms with van der Waals surface area (Å²) in [6.07, 6.45) is 6.42. The van der Waals surface area contributed by atoms with E-state index in [0.717, 1.165) is 17.7 Å². The number of hydrogen-bond acceptors (Lipinski definition) is 3. The number of rotatable bonds is 5. The number of methoxy groups -OCH3 is 1. The molecule has 0 heterocycles. The molecule has 1 aliphatic rings. The Kier molecular flexibility index (Phi) is 5.08. The summed E-state index contributed by atoms with van der Waals surface area (Å²) in [5, 5.41) is 9.15. The summed E-state index contributed by atoms with van der Waals surface area (Å²) in [7, 11) is 1.64. The molecule has 2 unspecified atom stereocenters. The van der Waals surface area contributed by atoms with Crippen LogP contribution < -0.4 is 9.47 Å². The minimum absolute atomic E-state index is 0.0254. The summed E-state index contributed by atoms with van der Waals surface area (Å²) in [4.78, 5) is 0.